The van der Waals surface area contributed by atoms with E-state index in [1.54, 1.807) is 12.1 Å². The van der Waals surface area contributed by atoms with Gasteiger partial charge in [0.1, 0.15) is 17.3 Å². The van der Waals surface area contributed by atoms with Gasteiger partial charge in [0.15, 0.2) is 12.2 Å². The number of esters is 1. The summed E-state index contributed by atoms with van der Waals surface area (Å²) in [6.07, 6.45) is -2.00. The van der Waals surface area contributed by atoms with E-state index in [0.29, 0.717) is 17.2 Å². The third-order valence-electron chi connectivity index (χ3n) is 3.73. The molecule has 0 saturated carbocycles. The maximum atomic E-state index is 12.9. The lowest BCUT2D eigenvalue weighted by molar-refractivity contribution is -0.159. The Hall–Kier alpha value is -3.09. The topological polar surface area (TPSA) is 73.9 Å². The number of ether oxygens (including phenoxy) is 3. The number of hydrogen-bond donors (Lipinski definition) is 1. The summed E-state index contributed by atoms with van der Waals surface area (Å²) in [4.78, 5) is 24.5. The van der Waals surface area contributed by atoms with E-state index in [-0.39, 0.29) is 0 Å². The van der Waals surface area contributed by atoms with Crippen LogP contribution >= 0.6 is 0 Å². The standard InChI is InChI=1S/C20H22FNO5/c1-12-5-10-18(25-4)17(11-12)22-19(23)13(2)27-20(24)14(3)26-16-8-6-15(21)7-9-16/h5-11,13-14H,1-4H3,(H,22,23)/t13-,14-/m1/s1. The van der Waals surface area contributed by atoms with Crippen molar-refractivity contribution in [1.82, 2.24) is 0 Å². The number of rotatable bonds is 7. The van der Waals surface area contributed by atoms with Gasteiger partial charge in [-0.05, 0) is 62.7 Å². The number of anilines is 1. The van der Waals surface area contributed by atoms with E-state index < -0.39 is 29.9 Å². The Balaban J connectivity index is 1.94. The zero-order valence-corrected chi connectivity index (χ0v) is 15.6. The molecule has 2 aromatic carbocycles. The molecular weight excluding hydrogens is 353 g/mol. The molecule has 0 radical (unpaired) electrons. The molecule has 144 valence electrons. The van der Waals surface area contributed by atoms with Gasteiger partial charge in [-0.2, -0.15) is 0 Å². The van der Waals surface area contributed by atoms with E-state index in [9.17, 15) is 14.0 Å². The normalized spacial score (nSPS) is 12.6. The summed E-state index contributed by atoms with van der Waals surface area (Å²) < 4.78 is 28.7. The highest BCUT2D eigenvalue weighted by Crippen LogP contribution is 2.25. The van der Waals surface area contributed by atoms with Gasteiger partial charge >= 0.3 is 5.97 Å². The second-order valence-electron chi connectivity index (χ2n) is 5.99. The molecule has 0 bridgehead atoms. The van der Waals surface area contributed by atoms with Crippen LogP contribution in [-0.4, -0.2) is 31.2 Å². The molecular formula is C20H22FNO5. The first-order valence-corrected chi connectivity index (χ1v) is 8.38. The Morgan fingerprint density at radius 3 is 2.33 bits per heavy atom. The van der Waals surface area contributed by atoms with Gasteiger partial charge < -0.3 is 19.5 Å². The van der Waals surface area contributed by atoms with Crippen molar-refractivity contribution in [3.63, 3.8) is 0 Å². The van der Waals surface area contributed by atoms with Crippen LogP contribution in [0.3, 0.4) is 0 Å². The fraction of sp³-hybridized carbons (Fsp3) is 0.300. The SMILES string of the molecule is COc1ccc(C)cc1NC(=O)[C@@H](C)OC(=O)[C@@H](C)Oc1ccc(F)cc1. The first kappa shape index (κ1) is 20.2. The summed E-state index contributed by atoms with van der Waals surface area (Å²) in [7, 11) is 1.50. The van der Waals surface area contributed by atoms with Crippen molar-refractivity contribution in [2.45, 2.75) is 33.0 Å². The van der Waals surface area contributed by atoms with Crippen LogP contribution in [0.25, 0.3) is 0 Å². The Kier molecular flexibility index (Phi) is 6.76. The molecule has 0 aliphatic rings. The van der Waals surface area contributed by atoms with Crippen molar-refractivity contribution >= 4 is 17.6 Å². The monoisotopic (exact) mass is 375 g/mol. The molecule has 7 heteroatoms. The van der Waals surface area contributed by atoms with E-state index in [4.69, 9.17) is 14.2 Å². The molecule has 6 nitrogen and oxygen atoms in total. The zero-order valence-electron chi connectivity index (χ0n) is 15.6. The first-order valence-electron chi connectivity index (χ1n) is 8.38. The second-order valence-corrected chi connectivity index (χ2v) is 5.99. The summed E-state index contributed by atoms with van der Waals surface area (Å²) in [6.45, 7) is 4.83. The number of aryl methyl sites for hydroxylation is 1. The Bertz CT molecular complexity index is 807. The number of carbonyl (C=O) groups is 2. The van der Waals surface area contributed by atoms with Crippen molar-refractivity contribution in [2.75, 3.05) is 12.4 Å². The van der Waals surface area contributed by atoms with Crippen molar-refractivity contribution in [1.29, 1.82) is 0 Å². The molecule has 1 N–H and O–H groups in total. The van der Waals surface area contributed by atoms with Crippen molar-refractivity contribution in [2.24, 2.45) is 0 Å². The zero-order chi connectivity index (χ0) is 20.0. The van der Waals surface area contributed by atoms with Gasteiger partial charge in [0.05, 0.1) is 12.8 Å². The number of methoxy groups -OCH3 is 1. The fourth-order valence-corrected chi connectivity index (χ4v) is 2.24. The van der Waals surface area contributed by atoms with Crippen molar-refractivity contribution in [3.8, 4) is 11.5 Å². The molecule has 2 rings (SSSR count). The minimum absolute atomic E-state index is 0.322. The molecule has 1 amide bonds. The van der Waals surface area contributed by atoms with E-state index in [1.807, 2.05) is 13.0 Å². The molecule has 0 fully saturated rings. The van der Waals surface area contributed by atoms with Crippen LogP contribution in [0.15, 0.2) is 42.5 Å². The third-order valence-corrected chi connectivity index (χ3v) is 3.73. The number of hydrogen-bond acceptors (Lipinski definition) is 5. The average Bonchev–Trinajstić information content (AvgIpc) is 2.63. The number of benzene rings is 2. The highest BCUT2D eigenvalue weighted by Gasteiger charge is 2.24. The van der Waals surface area contributed by atoms with Crippen LogP contribution in [0.5, 0.6) is 11.5 Å². The third kappa shape index (κ3) is 5.70. The van der Waals surface area contributed by atoms with E-state index in [0.717, 1.165) is 5.56 Å². The van der Waals surface area contributed by atoms with Crippen molar-refractivity contribution in [3.05, 3.63) is 53.8 Å². The molecule has 2 aromatic rings. The molecule has 0 unspecified atom stereocenters. The van der Waals surface area contributed by atoms with Crippen LogP contribution in [-0.2, 0) is 14.3 Å². The van der Waals surface area contributed by atoms with Crippen LogP contribution in [0.4, 0.5) is 10.1 Å². The van der Waals surface area contributed by atoms with Crippen LogP contribution in [0.1, 0.15) is 19.4 Å². The summed E-state index contributed by atoms with van der Waals surface area (Å²) >= 11 is 0. The number of halogens is 1. The fourth-order valence-electron chi connectivity index (χ4n) is 2.24. The highest BCUT2D eigenvalue weighted by atomic mass is 19.1. The van der Waals surface area contributed by atoms with Crippen LogP contribution in [0.2, 0.25) is 0 Å². The second kappa shape index (κ2) is 9.02. The lowest BCUT2D eigenvalue weighted by Gasteiger charge is -2.18. The predicted molar refractivity (Wildman–Crippen MR) is 98.4 cm³/mol. The van der Waals surface area contributed by atoms with Gasteiger partial charge in [-0.25, -0.2) is 9.18 Å². The minimum Gasteiger partial charge on any atom is -0.495 e. The lowest BCUT2D eigenvalue weighted by atomic mass is 10.2. The smallest absolute Gasteiger partial charge is 0.347 e. The number of nitrogens with one attached hydrogen (secondary N) is 1. The first-order chi connectivity index (χ1) is 12.8. The average molecular weight is 375 g/mol. The van der Waals surface area contributed by atoms with Gasteiger partial charge in [0, 0.05) is 0 Å². The molecule has 0 heterocycles. The Morgan fingerprint density at radius 1 is 1.04 bits per heavy atom. The summed E-state index contributed by atoms with van der Waals surface area (Å²) in [5.41, 5.74) is 1.43. The molecule has 2 atom stereocenters. The Morgan fingerprint density at radius 2 is 1.70 bits per heavy atom. The van der Waals surface area contributed by atoms with E-state index in [2.05, 4.69) is 5.32 Å². The van der Waals surface area contributed by atoms with Gasteiger partial charge in [-0.1, -0.05) is 6.07 Å². The summed E-state index contributed by atoms with van der Waals surface area (Å²) in [5, 5.41) is 2.68. The van der Waals surface area contributed by atoms with Crippen LogP contribution in [0, 0.1) is 12.7 Å². The molecule has 0 spiro atoms. The van der Waals surface area contributed by atoms with Crippen LogP contribution < -0.4 is 14.8 Å². The molecule has 0 aliphatic carbocycles. The number of amides is 1. The maximum absolute atomic E-state index is 12.9. The van der Waals surface area contributed by atoms with Gasteiger partial charge in [-0.15, -0.1) is 0 Å². The Labute approximate surface area is 157 Å². The predicted octanol–water partition coefficient (Wildman–Crippen LogP) is 3.48. The van der Waals surface area contributed by atoms with E-state index in [1.165, 1.54) is 45.2 Å². The van der Waals surface area contributed by atoms with E-state index >= 15 is 0 Å². The van der Waals surface area contributed by atoms with Crippen molar-refractivity contribution < 1.29 is 28.2 Å². The quantitative estimate of drug-likeness (QED) is 0.750. The van der Waals surface area contributed by atoms with Gasteiger partial charge in [0.2, 0.25) is 0 Å². The molecule has 0 aromatic heterocycles. The summed E-state index contributed by atoms with van der Waals surface area (Å²) in [5.74, 6) is -0.795. The summed E-state index contributed by atoms with van der Waals surface area (Å²) in [6, 6.07) is 10.6. The minimum atomic E-state index is -1.04. The van der Waals surface area contributed by atoms with Gasteiger partial charge in [0.25, 0.3) is 5.91 Å². The molecule has 0 aliphatic heterocycles. The number of carbonyl (C=O) groups excluding carboxylic acids is 2. The largest absolute Gasteiger partial charge is 0.495 e. The lowest BCUT2D eigenvalue weighted by Crippen LogP contribution is -2.35. The molecule has 0 saturated heterocycles. The highest BCUT2D eigenvalue weighted by molar-refractivity contribution is 5.96. The molecule has 27 heavy (non-hydrogen) atoms. The van der Waals surface area contributed by atoms with Gasteiger partial charge in [-0.3, -0.25) is 4.79 Å². The maximum Gasteiger partial charge on any atom is 0.347 e.